The van der Waals surface area contributed by atoms with Crippen molar-refractivity contribution in [3.63, 3.8) is 0 Å². The van der Waals surface area contributed by atoms with Crippen LogP contribution < -0.4 is 4.74 Å². The highest BCUT2D eigenvalue weighted by Gasteiger charge is 2.41. The van der Waals surface area contributed by atoms with Crippen molar-refractivity contribution in [1.29, 1.82) is 0 Å². The molecule has 7 nitrogen and oxygen atoms in total. The number of cyclic esters (lactones) is 1. The molecule has 2 saturated heterocycles. The summed E-state index contributed by atoms with van der Waals surface area (Å²) in [5, 5.41) is 0. The Morgan fingerprint density at radius 2 is 2.04 bits per heavy atom. The van der Waals surface area contributed by atoms with Crippen LogP contribution in [-0.2, 0) is 9.53 Å². The minimum atomic E-state index is -0.615. The molecule has 1 atom stereocenters. The number of amides is 3. The molecule has 1 unspecified atom stereocenters. The third-order valence-corrected chi connectivity index (χ3v) is 4.01. The Labute approximate surface area is 133 Å². The Morgan fingerprint density at radius 1 is 1.30 bits per heavy atom. The first-order chi connectivity index (χ1) is 11.1. The van der Waals surface area contributed by atoms with E-state index in [1.165, 1.54) is 0 Å². The standard InChI is InChI=1S/C16H18N2O5/c1-2-22-13-5-3-11(4-6-13)15(20)17-8-7-12(9-17)18-14(19)10-23-16(18)21/h3-6,12H,2,7-10H2,1H3. The van der Waals surface area contributed by atoms with Crippen molar-refractivity contribution < 1.29 is 23.9 Å². The number of imide groups is 1. The van der Waals surface area contributed by atoms with Crippen molar-refractivity contribution in [2.24, 2.45) is 0 Å². The fourth-order valence-corrected chi connectivity index (χ4v) is 2.90. The van der Waals surface area contributed by atoms with Crippen LogP contribution in [0.3, 0.4) is 0 Å². The summed E-state index contributed by atoms with van der Waals surface area (Å²) in [7, 11) is 0. The molecule has 0 spiro atoms. The summed E-state index contributed by atoms with van der Waals surface area (Å²) >= 11 is 0. The fraction of sp³-hybridized carbons (Fsp3) is 0.438. The first-order valence-corrected chi connectivity index (χ1v) is 7.61. The molecular formula is C16H18N2O5. The Kier molecular flexibility index (Phi) is 4.18. The van der Waals surface area contributed by atoms with Gasteiger partial charge < -0.3 is 14.4 Å². The van der Waals surface area contributed by atoms with E-state index in [9.17, 15) is 14.4 Å². The summed E-state index contributed by atoms with van der Waals surface area (Å²) in [5.74, 6) is 0.264. The maximum atomic E-state index is 12.5. The molecule has 23 heavy (non-hydrogen) atoms. The van der Waals surface area contributed by atoms with Gasteiger partial charge in [-0.15, -0.1) is 0 Å². The van der Waals surface area contributed by atoms with Crippen LogP contribution >= 0.6 is 0 Å². The van der Waals surface area contributed by atoms with Gasteiger partial charge in [0.25, 0.3) is 11.8 Å². The van der Waals surface area contributed by atoms with Crippen LogP contribution in [0.4, 0.5) is 4.79 Å². The molecule has 3 amide bonds. The maximum Gasteiger partial charge on any atom is 0.417 e. The monoisotopic (exact) mass is 318 g/mol. The molecule has 122 valence electrons. The molecule has 0 bridgehead atoms. The van der Waals surface area contributed by atoms with Crippen molar-refractivity contribution in [3.05, 3.63) is 29.8 Å². The van der Waals surface area contributed by atoms with E-state index in [1.54, 1.807) is 29.2 Å². The number of likely N-dealkylation sites (tertiary alicyclic amines) is 1. The predicted molar refractivity (Wildman–Crippen MR) is 80.1 cm³/mol. The van der Waals surface area contributed by atoms with E-state index in [0.717, 1.165) is 4.90 Å². The van der Waals surface area contributed by atoms with Gasteiger partial charge in [-0.25, -0.2) is 9.69 Å². The Hall–Kier alpha value is -2.57. The number of hydrogen-bond acceptors (Lipinski definition) is 5. The van der Waals surface area contributed by atoms with Gasteiger partial charge in [-0.2, -0.15) is 0 Å². The molecule has 7 heteroatoms. The lowest BCUT2D eigenvalue weighted by atomic mass is 10.2. The quantitative estimate of drug-likeness (QED) is 0.836. The van der Waals surface area contributed by atoms with Crippen LogP contribution in [0.25, 0.3) is 0 Å². The van der Waals surface area contributed by atoms with Gasteiger partial charge in [0.15, 0.2) is 6.61 Å². The molecule has 0 saturated carbocycles. The van der Waals surface area contributed by atoms with Crippen LogP contribution in [-0.4, -0.2) is 60.1 Å². The largest absolute Gasteiger partial charge is 0.494 e. The van der Waals surface area contributed by atoms with Gasteiger partial charge in [0.1, 0.15) is 5.75 Å². The highest BCUT2D eigenvalue weighted by Crippen LogP contribution is 2.22. The molecule has 2 fully saturated rings. The van der Waals surface area contributed by atoms with Crippen LogP contribution in [0.2, 0.25) is 0 Å². The number of ether oxygens (including phenoxy) is 2. The molecule has 2 aliphatic heterocycles. The number of carbonyl (C=O) groups excluding carboxylic acids is 3. The minimum Gasteiger partial charge on any atom is -0.494 e. The first kappa shape index (κ1) is 15.3. The van der Waals surface area contributed by atoms with Gasteiger partial charge in [-0.3, -0.25) is 9.59 Å². The second-order valence-electron chi connectivity index (χ2n) is 5.47. The average molecular weight is 318 g/mol. The van der Waals surface area contributed by atoms with Gasteiger partial charge in [0.2, 0.25) is 0 Å². The molecular weight excluding hydrogens is 300 g/mol. The third kappa shape index (κ3) is 2.99. The fourth-order valence-electron chi connectivity index (χ4n) is 2.90. The van der Waals surface area contributed by atoms with E-state index < -0.39 is 6.09 Å². The van der Waals surface area contributed by atoms with Crippen molar-refractivity contribution in [2.45, 2.75) is 19.4 Å². The summed E-state index contributed by atoms with van der Waals surface area (Å²) in [6.45, 7) is 3.11. The van der Waals surface area contributed by atoms with Gasteiger partial charge in [-0.1, -0.05) is 0 Å². The maximum absolute atomic E-state index is 12.5. The number of hydrogen-bond donors (Lipinski definition) is 0. The summed E-state index contributed by atoms with van der Waals surface area (Å²) < 4.78 is 10.1. The van der Waals surface area contributed by atoms with Crippen molar-refractivity contribution >= 4 is 17.9 Å². The lowest BCUT2D eigenvalue weighted by Crippen LogP contribution is -2.42. The van der Waals surface area contributed by atoms with E-state index >= 15 is 0 Å². The van der Waals surface area contributed by atoms with Gasteiger partial charge in [0.05, 0.1) is 12.6 Å². The lowest BCUT2D eigenvalue weighted by molar-refractivity contribution is -0.127. The Balaban J connectivity index is 1.65. The number of rotatable bonds is 4. The summed E-state index contributed by atoms with van der Waals surface area (Å²) in [4.78, 5) is 38.6. The second-order valence-corrected chi connectivity index (χ2v) is 5.47. The first-order valence-electron chi connectivity index (χ1n) is 7.61. The SMILES string of the molecule is CCOc1ccc(C(=O)N2CCC(N3C(=O)COC3=O)C2)cc1. The van der Waals surface area contributed by atoms with Crippen molar-refractivity contribution in [1.82, 2.24) is 9.80 Å². The van der Waals surface area contributed by atoms with Crippen molar-refractivity contribution in [2.75, 3.05) is 26.3 Å². The summed E-state index contributed by atoms with van der Waals surface area (Å²) in [5.41, 5.74) is 0.560. The Morgan fingerprint density at radius 3 is 2.65 bits per heavy atom. The normalized spacial score (nSPS) is 20.8. The average Bonchev–Trinajstić information content (AvgIpc) is 3.14. The van der Waals surface area contributed by atoms with E-state index in [0.29, 0.717) is 37.4 Å². The van der Waals surface area contributed by atoms with Gasteiger partial charge in [0, 0.05) is 18.7 Å². The highest BCUT2D eigenvalue weighted by atomic mass is 16.6. The second kappa shape index (κ2) is 6.28. The lowest BCUT2D eigenvalue weighted by Gasteiger charge is -2.20. The zero-order valence-corrected chi connectivity index (χ0v) is 12.9. The van der Waals surface area contributed by atoms with Crippen molar-refractivity contribution in [3.8, 4) is 5.75 Å². The molecule has 3 rings (SSSR count). The topological polar surface area (TPSA) is 76.2 Å². The van der Waals surface area contributed by atoms with E-state index in [-0.39, 0.29) is 24.5 Å². The predicted octanol–water partition coefficient (Wildman–Crippen LogP) is 1.28. The molecule has 2 heterocycles. The van der Waals surface area contributed by atoms with Gasteiger partial charge >= 0.3 is 6.09 Å². The van der Waals surface area contributed by atoms with Crippen LogP contribution in [0, 0.1) is 0 Å². The number of benzene rings is 1. The van der Waals surface area contributed by atoms with E-state index in [1.807, 2.05) is 6.92 Å². The van der Waals surface area contributed by atoms with Crippen LogP contribution in [0.15, 0.2) is 24.3 Å². The number of nitrogens with zero attached hydrogens (tertiary/aromatic N) is 2. The zero-order chi connectivity index (χ0) is 16.4. The molecule has 1 aromatic rings. The third-order valence-electron chi connectivity index (χ3n) is 4.01. The summed E-state index contributed by atoms with van der Waals surface area (Å²) in [6, 6.07) is 6.65. The minimum absolute atomic E-state index is 0.115. The van der Waals surface area contributed by atoms with Crippen LogP contribution in [0.5, 0.6) is 5.75 Å². The Bertz CT molecular complexity index is 612. The highest BCUT2D eigenvalue weighted by molar-refractivity contribution is 5.98. The summed E-state index contributed by atoms with van der Waals surface area (Å²) in [6.07, 6.45) is -0.0424. The molecule has 2 aliphatic rings. The molecule has 0 N–H and O–H groups in total. The molecule has 0 aliphatic carbocycles. The zero-order valence-electron chi connectivity index (χ0n) is 12.9. The molecule has 0 aromatic heterocycles. The molecule has 0 radical (unpaired) electrons. The molecule has 1 aromatic carbocycles. The number of carbonyl (C=O) groups is 3. The van der Waals surface area contributed by atoms with Gasteiger partial charge in [-0.05, 0) is 37.6 Å². The van der Waals surface area contributed by atoms with E-state index in [4.69, 9.17) is 9.47 Å². The smallest absolute Gasteiger partial charge is 0.417 e. The van der Waals surface area contributed by atoms with E-state index in [2.05, 4.69) is 0 Å². The van der Waals surface area contributed by atoms with Crippen LogP contribution in [0.1, 0.15) is 23.7 Å².